The predicted octanol–water partition coefficient (Wildman–Crippen LogP) is 5.38. The lowest BCUT2D eigenvalue weighted by atomic mass is 10.1. The number of benzene rings is 2. The molecule has 1 aliphatic heterocycles. The van der Waals surface area contributed by atoms with Crippen LogP contribution in [0.3, 0.4) is 0 Å². The summed E-state index contributed by atoms with van der Waals surface area (Å²) in [7, 11) is 1.62. The summed E-state index contributed by atoms with van der Waals surface area (Å²) < 4.78 is 5.40. The van der Waals surface area contributed by atoms with Crippen LogP contribution in [0.4, 0.5) is 0 Å². The molecule has 1 heterocycles. The zero-order valence-corrected chi connectivity index (χ0v) is 14.9. The van der Waals surface area contributed by atoms with E-state index in [0.29, 0.717) is 11.3 Å². The van der Waals surface area contributed by atoms with Crippen molar-refractivity contribution in [3.63, 3.8) is 0 Å². The van der Waals surface area contributed by atoms with Crippen molar-refractivity contribution < 1.29 is 9.84 Å². The van der Waals surface area contributed by atoms with Gasteiger partial charge in [0.05, 0.1) is 12.7 Å². The number of methoxy groups -OCH3 is 1. The SMILES string of the molecule is COc1ccccc1/C(O)=C1\SC(C)=C(C)N1Cc1ccccc1. The third-order valence-corrected chi connectivity index (χ3v) is 5.37. The lowest BCUT2D eigenvalue weighted by molar-refractivity contribution is 0.402. The smallest absolute Gasteiger partial charge is 0.157 e. The van der Waals surface area contributed by atoms with E-state index in [9.17, 15) is 5.11 Å². The molecular formula is C20H21NO2S. The number of para-hydroxylation sites is 1. The molecule has 0 aromatic heterocycles. The zero-order chi connectivity index (χ0) is 17.1. The average molecular weight is 339 g/mol. The van der Waals surface area contributed by atoms with Gasteiger partial charge in [-0.2, -0.15) is 0 Å². The molecule has 0 spiro atoms. The van der Waals surface area contributed by atoms with Crippen LogP contribution in [0.2, 0.25) is 0 Å². The third kappa shape index (κ3) is 3.15. The van der Waals surface area contributed by atoms with E-state index < -0.39 is 0 Å². The Morgan fingerprint density at radius 3 is 2.42 bits per heavy atom. The van der Waals surface area contributed by atoms with E-state index in [1.807, 2.05) is 42.5 Å². The van der Waals surface area contributed by atoms with E-state index in [2.05, 4.69) is 30.9 Å². The third-order valence-electron chi connectivity index (χ3n) is 4.16. The molecule has 124 valence electrons. The quantitative estimate of drug-likeness (QED) is 0.758. The van der Waals surface area contributed by atoms with Gasteiger partial charge in [-0.3, -0.25) is 0 Å². The Kier molecular flexibility index (Phi) is 4.86. The molecule has 3 nitrogen and oxygen atoms in total. The van der Waals surface area contributed by atoms with Crippen LogP contribution in [-0.4, -0.2) is 17.1 Å². The number of hydrogen-bond acceptors (Lipinski definition) is 4. The van der Waals surface area contributed by atoms with Crippen LogP contribution >= 0.6 is 11.8 Å². The highest BCUT2D eigenvalue weighted by Crippen LogP contribution is 2.45. The van der Waals surface area contributed by atoms with Gasteiger partial charge < -0.3 is 14.7 Å². The van der Waals surface area contributed by atoms with E-state index in [1.54, 1.807) is 18.9 Å². The fraction of sp³-hybridized carbons (Fsp3) is 0.200. The summed E-state index contributed by atoms with van der Waals surface area (Å²) in [6.45, 7) is 4.90. The molecular weight excluding hydrogens is 318 g/mol. The van der Waals surface area contributed by atoms with Crippen molar-refractivity contribution in [2.24, 2.45) is 0 Å². The summed E-state index contributed by atoms with van der Waals surface area (Å²) in [4.78, 5) is 3.36. The van der Waals surface area contributed by atoms with Crippen LogP contribution < -0.4 is 4.74 Å². The average Bonchev–Trinajstić information content (AvgIpc) is 2.90. The largest absolute Gasteiger partial charge is 0.504 e. The minimum Gasteiger partial charge on any atom is -0.504 e. The zero-order valence-electron chi connectivity index (χ0n) is 14.1. The van der Waals surface area contributed by atoms with Gasteiger partial charge in [0, 0.05) is 17.1 Å². The van der Waals surface area contributed by atoms with Crippen LogP contribution in [0.15, 0.2) is 70.2 Å². The highest BCUT2D eigenvalue weighted by Gasteiger charge is 2.27. The van der Waals surface area contributed by atoms with Crippen molar-refractivity contribution >= 4 is 17.5 Å². The fourth-order valence-electron chi connectivity index (χ4n) is 2.70. The molecule has 0 saturated heterocycles. The Bertz CT molecular complexity index is 796. The first kappa shape index (κ1) is 16.5. The summed E-state index contributed by atoms with van der Waals surface area (Å²) in [6.07, 6.45) is 0. The minimum atomic E-state index is 0.254. The van der Waals surface area contributed by atoms with Gasteiger partial charge >= 0.3 is 0 Å². The molecule has 0 fully saturated rings. The second-order valence-electron chi connectivity index (χ2n) is 5.67. The Balaban J connectivity index is 2.02. The molecule has 0 saturated carbocycles. The van der Waals surface area contributed by atoms with Crippen LogP contribution in [0.5, 0.6) is 5.75 Å². The molecule has 0 atom stereocenters. The molecule has 0 unspecified atom stereocenters. The van der Waals surface area contributed by atoms with Crippen LogP contribution in [0.25, 0.3) is 5.76 Å². The first-order chi connectivity index (χ1) is 11.6. The predicted molar refractivity (Wildman–Crippen MR) is 100 cm³/mol. The summed E-state index contributed by atoms with van der Waals surface area (Å²) in [5.74, 6) is 0.926. The molecule has 3 rings (SSSR count). The maximum Gasteiger partial charge on any atom is 0.157 e. The second-order valence-corrected chi connectivity index (χ2v) is 6.87. The van der Waals surface area contributed by atoms with Gasteiger partial charge in [-0.15, -0.1) is 0 Å². The Labute approximate surface area is 147 Å². The number of aliphatic hydroxyl groups is 1. The molecule has 2 aromatic rings. The number of nitrogens with zero attached hydrogens (tertiary/aromatic N) is 1. The monoisotopic (exact) mass is 339 g/mol. The molecule has 1 N–H and O–H groups in total. The van der Waals surface area contributed by atoms with Gasteiger partial charge in [0.25, 0.3) is 0 Å². The second kappa shape index (κ2) is 7.05. The summed E-state index contributed by atoms with van der Waals surface area (Å²) in [5, 5.41) is 11.8. The maximum absolute atomic E-state index is 10.9. The van der Waals surface area contributed by atoms with Crippen molar-refractivity contribution in [1.82, 2.24) is 4.90 Å². The molecule has 2 aromatic carbocycles. The number of allylic oxidation sites excluding steroid dienone is 2. The maximum atomic E-state index is 10.9. The van der Waals surface area contributed by atoms with Gasteiger partial charge in [0.15, 0.2) is 5.76 Å². The molecule has 0 radical (unpaired) electrons. The normalized spacial score (nSPS) is 16.5. The Morgan fingerprint density at radius 1 is 1.04 bits per heavy atom. The molecule has 1 aliphatic rings. The van der Waals surface area contributed by atoms with Crippen molar-refractivity contribution in [3.05, 3.63) is 81.4 Å². The van der Waals surface area contributed by atoms with Crippen molar-refractivity contribution in [1.29, 1.82) is 0 Å². The van der Waals surface area contributed by atoms with Crippen molar-refractivity contribution in [2.45, 2.75) is 20.4 Å². The van der Waals surface area contributed by atoms with Crippen molar-refractivity contribution in [3.8, 4) is 5.75 Å². The first-order valence-corrected chi connectivity index (χ1v) is 8.67. The van der Waals surface area contributed by atoms with E-state index in [0.717, 1.165) is 11.6 Å². The topological polar surface area (TPSA) is 32.7 Å². The molecule has 0 aliphatic carbocycles. The number of thioether (sulfide) groups is 1. The van der Waals surface area contributed by atoms with Gasteiger partial charge in [-0.25, -0.2) is 0 Å². The van der Waals surface area contributed by atoms with Gasteiger partial charge in [0.1, 0.15) is 10.8 Å². The Hall–Kier alpha value is -2.33. The molecule has 4 heteroatoms. The number of aliphatic hydroxyl groups excluding tert-OH is 1. The number of rotatable bonds is 4. The lowest BCUT2D eigenvalue weighted by Crippen LogP contribution is -2.17. The van der Waals surface area contributed by atoms with Gasteiger partial charge in [-0.1, -0.05) is 54.2 Å². The first-order valence-electron chi connectivity index (χ1n) is 7.85. The van der Waals surface area contributed by atoms with Gasteiger partial charge in [0.2, 0.25) is 0 Å². The highest BCUT2D eigenvalue weighted by molar-refractivity contribution is 8.07. The van der Waals surface area contributed by atoms with E-state index >= 15 is 0 Å². The fourth-order valence-corrected chi connectivity index (χ4v) is 3.77. The summed E-state index contributed by atoms with van der Waals surface area (Å²) >= 11 is 1.60. The molecule has 0 bridgehead atoms. The van der Waals surface area contributed by atoms with E-state index in [-0.39, 0.29) is 5.76 Å². The van der Waals surface area contributed by atoms with Crippen LogP contribution in [0.1, 0.15) is 25.0 Å². The van der Waals surface area contributed by atoms with Crippen molar-refractivity contribution in [2.75, 3.05) is 7.11 Å². The summed E-state index contributed by atoms with van der Waals surface area (Å²) in [5.41, 5.74) is 3.08. The standard InChI is InChI=1S/C20H21NO2S/c1-14-15(2)24-20(21(14)13-16-9-5-4-6-10-16)19(22)17-11-7-8-12-18(17)23-3/h4-12,22H,13H2,1-3H3/b20-19+. The van der Waals surface area contributed by atoms with E-state index in [1.165, 1.54) is 16.2 Å². The van der Waals surface area contributed by atoms with Crippen LogP contribution in [0, 0.1) is 0 Å². The van der Waals surface area contributed by atoms with E-state index in [4.69, 9.17) is 4.74 Å². The van der Waals surface area contributed by atoms with Crippen LogP contribution in [-0.2, 0) is 6.54 Å². The summed E-state index contributed by atoms with van der Waals surface area (Å²) in [6, 6.07) is 17.8. The lowest BCUT2D eigenvalue weighted by Gasteiger charge is -2.23. The molecule has 0 amide bonds. The highest BCUT2D eigenvalue weighted by atomic mass is 32.2. The van der Waals surface area contributed by atoms with Gasteiger partial charge in [-0.05, 0) is 31.5 Å². The Morgan fingerprint density at radius 2 is 1.71 bits per heavy atom. The number of ether oxygens (including phenoxy) is 1. The number of hydrogen-bond donors (Lipinski definition) is 1. The molecule has 24 heavy (non-hydrogen) atoms. The minimum absolute atomic E-state index is 0.254.